The van der Waals surface area contributed by atoms with Gasteiger partial charge in [0.2, 0.25) is 11.8 Å². The molecule has 0 aliphatic carbocycles. The number of benzene rings is 1. The maximum absolute atomic E-state index is 12.2. The van der Waals surface area contributed by atoms with E-state index in [4.69, 9.17) is 23.2 Å². The Labute approximate surface area is 128 Å². The van der Waals surface area contributed by atoms with Crippen molar-refractivity contribution in [3.8, 4) is 0 Å². The van der Waals surface area contributed by atoms with Gasteiger partial charge >= 0.3 is 0 Å². The highest BCUT2D eigenvalue weighted by Crippen LogP contribution is 2.29. The maximum Gasteiger partial charge on any atom is 0.242 e. The molecule has 1 aromatic rings. The van der Waals surface area contributed by atoms with E-state index in [-0.39, 0.29) is 18.4 Å². The van der Waals surface area contributed by atoms with E-state index in [0.717, 1.165) is 25.9 Å². The van der Waals surface area contributed by atoms with Gasteiger partial charge in [-0.25, -0.2) is 0 Å². The number of anilines is 1. The Morgan fingerprint density at radius 3 is 2.50 bits per heavy atom. The van der Waals surface area contributed by atoms with E-state index in [0.29, 0.717) is 15.7 Å². The summed E-state index contributed by atoms with van der Waals surface area (Å²) >= 11 is 12.0. The number of carbonyl (C=O) groups is 2. The third-order valence-corrected chi connectivity index (χ3v) is 3.89. The van der Waals surface area contributed by atoms with Crippen molar-refractivity contribution in [3.63, 3.8) is 0 Å². The summed E-state index contributed by atoms with van der Waals surface area (Å²) < 4.78 is 0. The lowest BCUT2D eigenvalue weighted by atomic mass is 10.2. The molecule has 0 aromatic heterocycles. The fourth-order valence-corrected chi connectivity index (χ4v) is 2.65. The molecule has 1 fully saturated rings. The second kappa shape index (κ2) is 6.46. The number of hydrogen-bond donors (Lipinski definition) is 0. The minimum atomic E-state index is -0.235. The SMILES string of the molecule is CC(=O)N(CC(=O)N1CCCC1)c1cc(Cl)ccc1Cl. The number of rotatable bonds is 3. The van der Waals surface area contributed by atoms with E-state index in [1.54, 1.807) is 23.1 Å². The standard InChI is InChI=1S/C14H16Cl2N2O2/c1-10(19)18(9-14(20)17-6-2-3-7-17)13-8-11(15)4-5-12(13)16/h4-5,8H,2-3,6-7,9H2,1H3. The first kappa shape index (κ1) is 15.1. The Hall–Kier alpha value is -1.26. The van der Waals surface area contributed by atoms with E-state index >= 15 is 0 Å². The normalized spacial score (nSPS) is 14.4. The molecule has 0 atom stereocenters. The van der Waals surface area contributed by atoms with Gasteiger partial charge < -0.3 is 9.80 Å². The van der Waals surface area contributed by atoms with Crippen LogP contribution in [-0.4, -0.2) is 36.3 Å². The third-order valence-electron chi connectivity index (χ3n) is 3.33. The van der Waals surface area contributed by atoms with Crippen LogP contribution in [0.5, 0.6) is 0 Å². The van der Waals surface area contributed by atoms with E-state index in [1.165, 1.54) is 11.8 Å². The second-order valence-electron chi connectivity index (χ2n) is 4.79. The molecule has 0 saturated carbocycles. The largest absolute Gasteiger partial charge is 0.341 e. The summed E-state index contributed by atoms with van der Waals surface area (Å²) in [7, 11) is 0. The summed E-state index contributed by atoms with van der Waals surface area (Å²) in [4.78, 5) is 27.1. The van der Waals surface area contributed by atoms with Crippen LogP contribution in [0.2, 0.25) is 10.0 Å². The van der Waals surface area contributed by atoms with Crippen molar-refractivity contribution in [2.45, 2.75) is 19.8 Å². The van der Waals surface area contributed by atoms with Crippen molar-refractivity contribution < 1.29 is 9.59 Å². The fourth-order valence-electron chi connectivity index (χ4n) is 2.26. The molecule has 0 N–H and O–H groups in total. The maximum atomic E-state index is 12.2. The first-order valence-electron chi connectivity index (χ1n) is 6.50. The van der Waals surface area contributed by atoms with Gasteiger partial charge in [0.05, 0.1) is 10.7 Å². The molecule has 6 heteroatoms. The molecule has 108 valence electrons. The molecule has 0 radical (unpaired) electrons. The predicted octanol–water partition coefficient (Wildman–Crippen LogP) is 2.97. The van der Waals surface area contributed by atoms with Gasteiger partial charge in [-0.3, -0.25) is 9.59 Å². The zero-order valence-corrected chi connectivity index (χ0v) is 12.7. The van der Waals surface area contributed by atoms with E-state index in [2.05, 4.69) is 0 Å². The van der Waals surface area contributed by atoms with Crippen molar-refractivity contribution in [1.29, 1.82) is 0 Å². The van der Waals surface area contributed by atoms with Crippen LogP contribution in [-0.2, 0) is 9.59 Å². The quantitative estimate of drug-likeness (QED) is 0.860. The predicted molar refractivity (Wildman–Crippen MR) is 80.3 cm³/mol. The Bertz CT molecular complexity index is 528. The summed E-state index contributed by atoms with van der Waals surface area (Å²) in [5.74, 6) is -0.296. The minimum Gasteiger partial charge on any atom is -0.341 e. The highest BCUT2D eigenvalue weighted by molar-refractivity contribution is 6.35. The summed E-state index contributed by atoms with van der Waals surface area (Å²) in [6.45, 7) is 2.92. The van der Waals surface area contributed by atoms with Gasteiger partial charge in [0.1, 0.15) is 6.54 Å². The van der Waals surface area contributed by atoms with Gasteiger partial charge in [-0.05, 0) is 31.0 Å². The lowest BCUT2D eigenvalue weighted by Crippen LogP contribution is -2.41. The molecule has 4 nitrogen and oxygen atoms in total. The van der Waals surface area contributed by atoms with Crippen molar-refractivity contribution >= 4 is 40.7 Å². The molecule has 1 aliphatic rings. The van der Waals surface area contributed by atoms with Crippen molar-refractivity contribution in [3.05, 3.63) is 28.2 Å². The van der Waals surface area contributed by atoms with Gasteiger partial charge in [-0.2, -0.15) is 0 Å². The average Bonchev–Trinajstić information content (AvgIpc) is 2.92. The lowest BCUT2D eigenvalue weighted by Gasteiger charge is -2.25. The molecular weight excluding hydrogens is 299 g/mol. The first-order chi connectivity index (χ1) is 9.49. The molecule has 1 aromatic carbocycles. The van der Waals surface area contributed by atoms with Crippen molar-refractivity contribution in [2.24, 2.45) is 0 Å². The minimum absolute atomic E-state index is 0.00457. The van der Waals surface area contributed by atoms with Crippen LogP contribution in [0.4, 0.5) is 5.69 Å². The Morgan fingerprint density at radius 1 is 1.25 bits per heavy atom. The molecule has 0 unspecified atom stereocenters. The van der Waals surface area contributed by atoms with Gasteiger partial charge in [-0.1, -0.05) is 23.2 Å². The number of halogens is 2. The van der Waals surface area contributed by atoms with Crippen LogP contribution in [0.25, 0.3) is 0 Å². The van der Waals surface area contributed by atoms with Crippen LogP contribution < -0.4 is 4.90 Å². The Kier molecular flexibility index (Phi) is 4.89. The van der Waals surface area contributed by atoms with Gasteiger partial charge in [0.25, 0.3) is 0 Å². The number of hydrogen-bond acceptors (Lipinski definition) is 2. The molecule has 0 spiro atoms. The van der Waals surface area contributed by atoms with Gasteiger partial charge in [0, 0.05) is 25.0 Å². The molecule has 0 bridgehead atoms. The van der Waals surface area contributed by atoms with E-state index in [1.807, 2.05) is 0 Å². The molecule has 1 aliphatic heterocycles. The monoisotopic (exact) mass is 314 g/mol. The van der Waals surface area contributed by atoms with Crippen LogP contribution >= 0.6 is 23.2 Å². The van der Waals surface area contributed by atoms with Crippen LogP contribution in [0.15, 0.2) is 18.2 Å². The van der Waals surface area contributed by atoms with Crippen molar-refractivity contribution in [2.75, 3.05) is 24.5 Å². The topological polar surface area (TPSA) is 40.6 Å². The summed E-state index contributed by atoms with van der Waals surface area (Å²) in [6.07, 6.45) is 2.04. The second-order valence-corrected chi connectivity index (χ2v) is 5.63. The molecular formula is C14H16Cl2N2O2. The van der Waals surface area contributed by atoms with Crippen LogP contribution in [0.3, 0.4) is 0 Å². The fraction of sp³-hybridized carbons (Fsp3) is 0.429. The highest BCUT2D eigenvalue weighted by Gasteiger charge is 2.24. The Balaban J connectivity index is 2.20. The highest BCUT2D eigenvalue weighted by atomic mass is 35.5. The molecule has 1 saturated heterocycles. The summed E-state index contributed by atoms with van der Waals surface area (Å²) in [5, 5.41) is 0.878. The van der Waals surface area contributed by atoms with E-state index in [9.17, 15) is 9.59 Å². The van der Waals surface area contributed by atoms with Crippen LogP contribution in [0.1, 0.15) is 19.8 Å². The lowest BCUT2D eigenvalue weighted by molar-refractivity contribution is -0.130. The molecule has 1 heterocycles. The third kappa shape index (κ3) is 3.44. The number of nitrogens with zero attached hydrogens (tertiary/aromatic N) is 2. The molecule has 2 amide bonds. The number of likely N-dealkylation sites (tertiary alicyclic amines) is 1. The molecule has 20 heavy (non-hydrogen) atoms. The average molecular weight is 315 g/mol. The summed E-state index contributed by atoms with van der Waals surface area (Å²) in [6, 6.07) is 4.87. The van der Waals surface area contributed by atoms with Gasteiger partial charge in [0.15, 0.2) is 0 Å². The van der Waals surface area contributed by atoms with Crippen molar-refractivity contribution in [1.82, 2.24) is 4.90 Å². The number of amides is 2. The smallest absolute Gasteiger partial charge is 0.242 e. The first-order valence-corrected chi connectivity index (χ1v) is 7.25. The Morgan fingerprint density at radius 2 is 1.90 bits per heavy atom. The van der Waals surface area contributed by atoms with Gasteiger partial charge in [-0.15, -0.1) is 0 Å². The van der Waals surface area contributed by atoms with E-state index < -0.39 is 0 Å². The molecule has 2 rings (SSSR count). The zero-order valence-electron chi connectivity index (χ0n) is 11.2. The van der Waals surface area contributed by atoms with Crippen LogP contribution in [0, 0.1) is 0 Å². The summed E-state index contributed by atoms with van der Waals surface area (Å²) in [5.41, 5.74) is 0.471. The zero-order chi connectivity index (χ0) is 14.7. The number of carbonyl (C=O) groups excluding carboxylic acids is 2.